The van der Waals surface area contributed by atoms with E-state index in [4.69, 9.17) is 0 Å². The molecule has 68 valence electrons. The third-order valence-electron chi connectivity index (χ3n) is 2.02. The summed E-state index contributed by atoms with van der Waals surface area (Å²) in [6.45, 7) is 2.07. The van der Waals surface area contributed by atoms with Crippen LogP contribution >= 0.6 is 0 Å². The summed E-state index contributed by atoms with van der Waals surface area (Å²) >= 11 is 0. The van der Waals surface area contributed by atoms with Crippen molar-refractivity contribution in [2.24, 2.45) is 0 Å². The predicted octanol–water partition coefficient (Wildman–Crippen LogP) is 0.975. The Balaban J connectivity index is 2.71. The lowest BCUT2D eigenvalue weighted by Gasteiger charge is -1.93. The highest BCUT2D eigenvalue weighted by Crippen LogP contribution is 2.05. The van der Waals surface area contributed by atoms with Gasteiger partial charge < -0.3 is 4.98 Å². The van der Waals surface area contributed by atoms with E-state index in [-0.39, 0.29) is 5.56 Å². The lowest BCUT2D eigenvalue weighted by Crippen LogP contribution is -2.09. The van der Waals surface area contributed by atoms with E-state index in [2.05, 4.69) is 16.9 Å². The van der Waals surface area contributed by atoms with Crippen LogP contribution in [0.1, 0.15) is 19.0 Å². The Morgan fingerprint density at radius 2 is 2.46 bits per heavy atom. The minimum absolute atomic E-state index is 0.0662. The van der Waals surface area contributed by atoms with Crippen LogP contribution in [0, 0.1) is 0 Å². The molecule has 0 aliphatic carbocycles. The van der Waals surface area contributed by atoms with Crippen LogP contribution in [0.2, 0.25) is 0 Å². The number of fused-ring (bicyclic) bond motifs is 1. The molecule has 0 unspecified atom stereocenters. The smallest absolute Gasteiger partial charge is 0.274 e. The number of aryl methyl sites for hydroxylation is 1. The highest BCUT2D eigenvalue weighted by Gasteiger charge is 2.05. The van der Waals surface area contributed by atoms with E-state index < -0.39 is 0 Å². The van der Waals surface area contributed by atoms with Gasteiger partial charge in [0.2, 0.25) is 0 Å². The van der Waals surface area contributed by atoms with Gasteiger partial charge in [-0.1, -0.05) is 13.3 Å². The van der Waals surface area contributed by atoms with Crippen LogP contribution in [-0.4, -0.2) is 14.4 Å². The largest absolute Gasteiger partial charge is 0.326 e. The Bertz CT molecular complexity index is 469. The molecule has 0 radical (unpaired) electrons. The Morgan fingerprint density at radius 1 is 1.62 bits per heavy atom. The quantitative estimate of drug-likeness (QED) is 0.743. The van der Waals surface area contributed by atoms with Crippen LogP contribution in [0.5, 0.6) is 0 Å². The molecule has 0 aliphatic heterocycles. The van der Waals surface area contributed by atoms with E-state index in [9.17, 15) is 4.79 Å². The van der Waals surface area contributed by atoms with E-state index in [1.807, 2.05) is 0 Å². The summed E-state index contributed by atoms with van der Waals surface area (Å²) in [7, 11) is 0. The molecule has 0 aromatic carbocycles. The van der Waals surface area contributed by atoms with Crippen LogP contribution in [0.15, 0.2) is 23.5 Å². The zero-order valence-corrected chi connectivity index (χ0v) is 7.45. The number of imidazole rings is 1. The zero-order valence-electron chi connectivity index (χ0n) is 7.45. The summed E-state index contributed by atoms with van der Waals surface area (Å²) in [5, 5.41) is 0. The van der Waals surface area contributed by atoms with Gasteiger partial charge in [-0.05, 0) is 6.42 Å². The SMILES string of the molecule is CCCc1ncn2cc[nH]c(=O)c12. The first-order valence-electron chi connectivity index (χ1n) is 4.36. The van der Waals surface area contributed by atoms with Crippen molar-refractivity contribution in [1.29, 1.82) is 0 Å². The second-order valence-corrected chi connectivity index (χ2v) is 2.99. The molecule has 0 bridgehead atoms. The molecule has 0 fully saturated rings. The van der Waals surface area contributed by atoms with Crippen LogP contribution in [-0.2, 0) is 6.42 Å². The third-order valence-corrected chi connectivity index (χ3v) is 2.02. The summed E-state index contributed by atoms with van der Waals surface area (Å²) in [6, 6.07) is 0. The summed E-state index contributed by atoms with van der Waals surface area (Å²) in [5.74, 6) is 0. The van der Waals surface area contributed by atoms with Gasteiger partial charge >= 0.3 is 0 Å². The molecule has 0 saturated carbocycles. The lowest BCUT2D eigenvalue weighted by molar-refractivity contribution is 0.898. The highest BCUT2D eigenvalue weighted by atomic mass is 16.1. The van der Waals surface area contributed by atoms with Gasteiger partial charge in [-0.25, -0.2) is 4.98 Å². The number of aromatic nitrogens is 3. The van der Waals surface area contributed by atoms with Crippen molar-refractivity contribution in [3.05, 3.63) is 34.8 Å². The monoisotopic (exact) mass is 177 g/mol. The van der Waals surface area contributed by atoms with E-state index in [0.29, 0.717) is 5.52 Å². The maximum atomic E-state index is 11.4. The molecule has 0 amide bonds. The van der Waals surface area contributed by atoms with Crippen molar-refractivity contribution in [2.75, 3.05) is 0 Å². The first kappa shape index (κ1) is 8.04. The molecule has 4 heteroatoms. The van der Waals surface area contributed by atoms with E-state index in [0.717, 1.165) is 18.5 Å². The van der Waals surface area contributed by atoms with Gasteiger partial charge in [0, 0.05) is 12.4 Å². The zero-order chi connectivity index (χ0) is 9.26. The van der Waals surface area contributed by atoms with Crippen LogP contribution < -0.4 is 5.56 Å². The molecule has 4 nitrogen and oxygen atoms in total. The van der Waals surface area contributed by atoms with Gasteiger partial charge in [0.05, 0.1) is 12.0 Å². The highest BCUT2D eigenvalue weighted by molar-refractivity contribution is 5.49. The Labute approximate surface area is 75.2 Å². The molecule has 2 heterocycles. The number of nitrogens with one attached hydrogen (secondary N) is 1. The molecule has 0 spiro atoms. The fraction of sp³-hybridized carbons (Fsp3) is 0.333. The molecule has 0 saturated heterocycles. The molecule has 0 aliphatic rings. The summed E-state index contributed by atoms with van der Waals surface area (Å²) in [4.78, 5) is 18.3. The molecular formula is C9H11N3O. The van der Waals surface area contributed by atoms with Gasteiger partial charge in [0.1, 0.15) is 5.52 Å². The van der Waals surface area contributed by atoms with Crippen molar-refractivity contribution in [3.8, 4) is 0 Å². The molecule has 1 N–H and O–H groups in total. The number of hydrogen-bond donors (Lipinski definition) is 1. The van der Waals surface area contributed by atoms with Crippen molar-refractivity contribution < 1.29 is 0 Å². The fourth-order valence-electron chi connectivity index (χ4n) is 1.44. The third kappa shape index (κ3) is 1.24. The number of H-pyrrole nitrogens is 1. The van der Waals surface area contributed by atoms with Crippen molar-refractivity contribution in [3.63, 3.8) is 0 Å². The van der Waals surface area contributed by atoms with Gasteiger partial charge in [0.25, 0.3) is 5.56 Å². The molecule has 2 aromatic heterocycles. The first-order chi connectivity index (χ1) is 6.33. The molecule has 2 aromatic rings. The Hall–Kier alpha value is -1.58. The summed E-state index contributed by atoms with van der Waals surface area (Å²) in [5.41, 5.74) is 1.48. The minimum Gasteiger partial charge on any atom is -0.326 e. The topological polar surface area (TPSA) is 50.2 Å². The second kappa shape index (κ2) is 3.05. The van der Waals surface area contributed by atoms with Gasteiger partial charge in [-0.2, -0.15) is 0 Å². The average Bonchev–Trinajstić information content (AvgIpc) is 2.51. The molecule has 0 atom stereocenters. The second-order valence-electron chi connectivity index (χ2n) is 2.99. The van der Waals surface area contributed by atoms with E-state index in [1.54, 1.807) is 23.1 Å². The minimum atomic E-state index is -0.0662. The fourth-order valence-corrected chi connectivity index (χ4v) is 1.44. The van der Waals surface area contributed by atoms with Crippen LogP contribution in [0.25, 0.3) is 5.52 Å². The van der Waals surface area contributed by atoms with Gasteiger partial charge in [-0.15, -0.1) is 0 Å². The number of rotatable bonds is 2. The Morgan fingerprint density at radius 3 is 3.23 bits per heavy atom. The van der Waals surface area contributed by atoms with E-state index in [1.165, 1.54) is 0 Å². The lowest BCUT2D eigenvalue weighted by atomic mass is 10.2. The number of aromatic amines is 1. The number of hydrogen-bond acceptors (Lipinski definition) is 2. The number of nitrogens with zero attached hydrogens (tertiary/aromatic N) is 2. The van der Waals surface area contributed by atoms with Crippen molar-refractivity contribution in [2.45, 2.75) is 19.8 Å². The van der Waals surface area contributed by atoms with Crippen LogP contribution in [0.4, 0.5) is 0 Å². The van der Waals surface area contributed by atoms with Crippen molar-refractivity contribution >= 4 is 5.52 Å². The maximum Gasteiger partial charge on any atom is 0.274 e. The van der Waals surface area contributed by atoms with Crippen LogP contribution in [0.3, 0.4) is 0 Å². The van der Waals surface area contributed by atoms with Gasteiger partial charge in [-0.3, -0.25) is 9.20 Å². The summed E-state index contributed by atoms with van der Waals surface area (Å²) < 4.78 is 1.75. The predicted molar refractivity (Wildman–Crippen MR) is 49.8 cm³/mol. The van der Waals surface area contributed by atoms with E-state index >= 15 is 0 Å². The Kier molecular flexibility index (Phi) is 1.88. The summed E-state index contributed by atoms with van der Waals surface area (Å²) in [6.07, 6.45) is 6.94. The van der Waals surface area contributed by atoms with Crippen molar-refractivity contribution in [1.82, 2.24) is 14.4 Å². The molecule has 2 rings (SSSR count). The maximum absolute atomic E-state index is 11.4. The molecule has 13 heavy (non-hydrogen) atoms. The standard InChI is InChI=1S/C9H11N3O/c1-2-3-7-8-9(13)10-4-5-12(8)6-11-7/h4-6H,2-3H2,1H3,(H,10,13). The average molecular weight is 177 g/mol. The molecular weight excluding hydrogens is 166 g/mol. The van der Waals surface area contributed by atoms with Gasteiger partial charge in [0.15, 0.2) is 0 Å². The first-order valence-corrected chi connectivity index (χ1v) is 4.36. The normalized spacial score (nSPS) is 10.8.